The molecule has 320 valence electrons. The standard InChI is InChI=1S/C48H54N4O8S/c1-6-58-47(53)29-44(42-22-23-45-48(34(42)3)49-50-51(45)25-11-8-12-26-57-31-37-16-19-40(56-5)20-17-37)38-18-15-33(2)43(28-38)35(4)52-30-39-27-41(21-24-46(39)60-61(52,54)55)59-32-36-13-9-7-10-14-36/h7,9-10,13-24,27-28,35,44H,6,8,11-12,25-26,29-32H2,1-5H3/t35-,44?/m1/s1. The van der Waals surface area contributed by atoms with E-state index in [2.05, 4.69) is 16.4 Å². The van der Waals surface area contributed by atoms with Gasteiger partial charge in [-0.15, -0.1) is 5.10 Å². The third kappa shape index (κ3) is 10.4. The molecular weight excluding hydrogens is 793 g/mol. The zero-order chi connectivity index (χ0) is 42.9. The van der Waals surface area contributed by atoms with E-state index in [0.717, 1.165) is 81.5 Å². The zero-order valence-electron chi connectivity index (χ0n) is 35.5. The second-order valence-electron chi connectivity index (χ2n) is 15.4. The first-order valence-electron chi connectivity index (χ1n) is 20.8. The molecule has 61 heavy (non-hydrogen) atoms. The number of methoxy groups -OCH3 is 1. The highest BCUT2D eigenvalue weighted by Crippen LogP contribution is 2.40. The number of benzene rings is 5. The lowest BCUT2D eigenvalue weighted by Crippen LogP contribution is -2.39. The molecule has 7 rings (SSSR count). The van der Waals surface area contributed by atoms with Crippen molar-refractivity contribution in [2.75, 3.05) is 20.3 Å². The van der Waals surface area contributed by atoms with Gasteiger partial charge in [0.15, 0.2) is 0 Å². The maximum Gasteiger partial charge on any atom is 0.386 e. The van der Waals surface area contributed by atoms with Gasteiger partial charge >= 0.3 is 16.3 Å². The first kappa shape index (κ1) is 43.3. The summed E-state index contributed by atoms with van der Waals surface area (Å²) in [6, 6.07) is 32.4. The molecule has 1 aliphatic rings. The summed E-state index contributed by atoms with van der Waals surface area (Å²) in [5.74, 6) is 1.01. The number of unbranched alkanes of at least 4 members (excludes halogenated alkanes) is 2. The van der Waals surface area contributed by atoms with Crippen molar-refractivity contribution in [3.63, 3.8) is 0 Å². The topological polar surface area (TPSA) is 131 Å². The van der Waals surface area contributed by atoms with Gasteiger partial charge in [0.2, 0.25) is 0 Å². The molecule has 1 aliphatic heterocycles. The number of aryl methyl sites for hydroxylation is 3. The van der Waals surface area contributed by atoms with Gasteiger partial charge in [0.05, 0.1) is 38.3 Å². The van der Waals surface area contributed by atoms with Gasteiger partial charge in [0.1, 0.15) is 29.4 Å². The van der Waals surface area contributed by atoms with Crippen LogP contribution < -0.4 is 13.7 Å². The van der Waals surface area contributed by atoms with Gasteiger partial charge in [0.25, 0.3) is 0 Å². The first-order chi connectivity index (χ1) is 29.5. The molecule has 13 heteroatoms. The predicted octanol–water partition coefficient (Wildman–Crippen LogP) is 9.31. The molecule has 0 N–H and O–H groups in total. The lowest BCUT2D eigenvalue weighted by Gasteiger charge is -2.33. The van der Waals surface area contributed by atoms with Crippen LogP contribution in [-0.2, 0) is 50.9 Å². The Bertz CT molecular complexity index is 2540. The van der Waals surface area contributed by atoms with E-state index >= 15 is 0 Å². The third-order valence-corrected chi connectivity index (χ3v) is 12.7. The highest BCUT2D eigenvalue weighted by molar-refractivity contribution is 7.84. The largest absolute Gasteiger partial charge is 0.497 e. The van der Waals surface area contributed by atoms with Crippen LogP contribution in [0.3, 0.4) is 0 Å². The van der Waals surface area contributed by atoms with E-state index in [9.17, 15) is 13.2 Å². The van der Waals surface area contributed by atoms with Crippen LogP contribution in [0.2, 0.25) is 0 Å². The highest BCUT2D eigenvalue weighted by atomic mass is 32.2. The Morgan fingerprint density at radius 1 is 0.852 bits per heavy atom. The van der Waals surface area contributed by atoms with Crippen LogP contribution in [0, 0.1) is 13.8 Å². The van der Waals surface area contributed by atoms with E-state index < -0.39 is 22.3 Å². The lowest BCUT2D eigenvalue weighted by atomic mass is 9.83. The number of aromatic nitrogens is 3. The average Bonchev–Trinajstić information content (AvgIpc) is 3.68. The molecule has 0 saturated heterocycles. The van der Waals surface area contributed by atoms with E-state index in [1.54, 1.807) is 26.2 Å². The second-order valence-corrected chi connectivity index (χ2v) is 16.9. The Labute approximate surface area is 358 Å². The van der Waals surface area contributed by atoms with Crippen molar-refractivity contribution < 1.29 is 36.3 Å². The van der Waals surface area contributed by atoms with Gasteiger partial charge in [-0.2, -0.15) is 12.7 Å². The fourth-order valence-electron chi connectivity index (χ4n) is 7.88. The number of hydrogen-bond donors (Lipinski definition) is 0. The van der Waals surface area contributed by atoms with Crippen molar-refractivity contribution in [1.82, 2.24) is 19.3 Å². The van der Waals surface area contributed by atoms with Crippen LogP contribution in [-0.4, -0.2) is 54.0 Å². The second kappa shape index (κ2) is 19.7. The molecule has 0 aliphatic carbocycles. The van der Waals surface area contributed by atoms with Crippen molar-refractivity contribution in [2.45, 2.75) is 91.6 Å². The molecule has 0 radical (unpaired) electrons. The monoisotopic (exact) mass is 846 g/mol. The van der Waals surface area contributed by atoms with Crippen LogP contribution >= 0.6 is 0 Å². The predicted molar refractivity (Wildman–Crippen MR) is 234 cm³/mol. The number of rotatable bonds is 19. The average molecular weight is 847 g/mol. The normalized spacial score (nSPS) is 14.5. The van der Waals surface area contributed by atoms with Gasteiger partial charge in [-0.25, -0.2) is 4.68 Å². The number of ether oxygens (including phenoxy) is 4. The lowest BCUT2D eigenvalue weighted by molar-refractivity contribution is -0.143. The van der Waals surface area contributed by atoms with E-state index in [1.165, 1.54) is 4.31 Å². The van der Waals surface area contributed by atoms with Crippen molar-refractivity contribution in [1.29, 1.82) is 0 Å². The quantitative estimate of drug-likeness (QED) is 0.0574. The number of nitrogens with zero attached hydrogens (tertiary/aromatic N) is 4. The van der Waals surface area contributed by atoms with Gasteiger partial charge in [-0.3, -0.25) is 4.79 Å². The SMILES string of the molecule is CCOC(=O)CC(c1ccc(C)c([C@@H](C)N2Cc3cc(OCc4ccccc4)ccc3OS2(=O)=O)c1)c1ccc2c(nnn2CCCCCOCc2ccc(OC)cc2)c1C. The first-order valence-corrected chi connectivity index (χ1v) is 22.2. The summed E-state index contributed by atoms with van der Waals surface area (Å²) in [5, 5.41) is 9.12. The minimum Gasteiger partial charge on any atom is -0.497 e. The molecule has 2 heterocycles. The van der Waals surface area contributed by atoms with Crippen molar-refractivity contribution >= 4 is 27.3 Å². The maximum absolute atomic E-state index is 13.7. The van der Waals surface area contributed by atoms with Crippen LogP contribution in [0.25, 0.3) is 11.0 Å². The zero-order valence-corrected chi connectivity index (χ0v) is 36.3. The summed E-state index contributed by atoms with van der Waals surface area (Å²) >= 11 is 0. The van der Waals surface area contributed by atoms with Crippen LogP contribution in [0.1, 0.15) is 96.0 Å². The summed E-state index contributed by atoms with van der Waals surface area (Å²) < 4.78 is 58.9. The van der Waals surface area contributed by atoms with E-state index in [1.807, 2.05) is 110 Å². The molecule has 0 fully saturated rings. The smallest absolute Gasteiger partial charge is 0.386 e. The molecule has 2 atom stereocenters. The Hall–Kier alpha value is -5.76. The third-order valence-electron chi connectivity index (χ3n) is 11.3. The molecule has 0 bridgehead atoms. The molecule has 12 nitrogen and oxygen atoms in total. The number of fused-ring (bicyclic) bond motifs is 2. The van der Waals surface area contributed by atoms with E-state index in [0.29, 0.717) is 31.1 Å². The van der Waals surface area contributed by atoms with E-state index in [-0.39, 0.29) is 31.3 Å². The van der Waals surface area contributed by atoms with Crippen LogP contribution in [0.15, 0.2) is 103 Å². The molecular formula is C48H54N4O8S. The Balaban J connectivity index is 1.06. The summed E-state index contributed by atoms with van der Waals surface area (Å²) in [7, 11) is -2.49. The maximum atomic E-state index is 13.7. The van der Waals surface area contributed by atoms with Crippen molar-refractivity contribution in [3.8, 4) is 17.2 Å². The number of carbonyl (C=O) groups is 1. The summed E-state index contributed by atoms with van der Waals surface area (Å²) in [6.07, 6.45) is 2.94. The molecule has 0 spiro atoms. The molecule has 6 aromatic rings. The number of carbonyl (C=O) groups excluding carboxylic acids is 1. The van der Waals surface area contributed by atoms with Gasteiger partial charge in [0, 0.05) is 31.2 Å². The van der Waals surface area contributed by atoms with Crippen LogP contribution in [0.5, 0.6) is 17.2 Å². The van der Waals surface area contributed by atoms with Crippen LogP contribution in [0.4, 0.5) is 0 Å². The molecule has 5 aromatic carbocycles. The van der Waals surface area contributed by atoms with Gasteiger partial charge < -0.3 is 23.1 Å². The highest BCUT2D eigenvalue weighted by Gasteiger charge is 2.37. The molecule has 0 saturated carbocycles. The number of esters is 1. The summed E-state index contributed by atoms with van der Waals surface area (Å²) in [6.45, 7) is 10.3. The van der Waals surface area contributed by atoms with Crippen molar-refractivity contribution in [3.05, 3.63) is 148 Å². The Kier molecular flexibility index (Phi) is 14.0. The fourth-order valence-corrected chi connectivity index (χ4v) is 9.17. The summed E-state index contributed by atoms with van der Waals surface area (Å²) in [4.78, 5) is 13.2. The number of hydrogen-bond acceptors (Lipinski definition) is 10. The minimum absolute atomic E-state index is 0.0933. The van der Waals surface area contributed by atoms with E-state index in [4.69, 9.17) is 23.1 Å². The van der Waals surface area contributed by atoms with Gasteiger partial charge in [-0.1, -0.05) is 71.9 Å². The van der Waals surface area contributed by atoms with Gasteiger partial charge in [-0.05, 0) is 122 Å². The Morgan fingerprint density at radius 2 is 1.62 bits per heavy atom. The van der Waals surface area contributed by atoms with Crippen molar-refractivity contribution in [2.24, 2.45) is 0 Å². The fraction of sp³-hybridized carbons (Fsp3) is 0.354. The molecule has 0 amide bonds. The minimum atomic E-state index is -4.14. The summed E-state index contributed by atoms with van der Waals surface area (Å²) in [5.41, 5.74) is 8.96. The molecule has 1 unspecified atom stereocenters. The Morgan fingerprint density at radius 3 is 2.39 bits per heavy atom. The molecule has 1 aromatic heterocycles.